The zero-order valence-corrected chi connectivity index (χ0v) is 16.1. The Hall–Kier alpha value is -2.50. The molecule has 0 saturated carbocycles. The van der Waals surface area contributed by atoms with E-state index in [9.17, 15) is 0 Å². The molecule has 5 nitrogen and oxygen atoms in total. The largest absolute Gasteiger partial charge is 0.487 e. The van der Waals surface area contributed by atoms with Gasteiger partial charge in [-0.1, -0.05) is 46.6 Å². The number of hydrogen-bond acceptors (Lipinski definition) is 4. The van der Waals surface area contributed by atoms with E-state index in [2.05, 4.69) is 10.1 Å². The van der Waals surface area contributed by atoms with E-state index in [-0.39, 0.29) is 18.8 Å². The highest BCUT2D eigenvalue weighted by Gasteiger charge is 2.34. The summed E-state index contributed by atoms with van der Waals surface area (Å²) in [7, 11) is 0. The second kappa shape index (κ2) is 7.62. The van der Waals surface area contributed by atoms with Gasteiger partial charge in [-0.2, -0.15) is 0 Å². The zero-order chi connectivity index (χ0) is 18.8. The number of imidazole rings is 1. The lowest BCUT2D eigenvalue weighted by Crippen LogP contribution is -2.37. The second-order valence-electron chi connectivity index (χ2n) is 6.22. The number of halogens is 2. The number of aromatic nitrogens is 2. The van der Waals surface area contributed by atoms with E-state index in [0.717, 1.165) is 17.0 Å². The maximum Gasteiger partial charge on any atom is 0.145 e. The molecule has 7 heteroatoms. The lowest BCUT2D eigenvalue weighted by Gasteiger charge is -2.33. The van der Waals surface area contributed by atoms with Crippen molar-refractivity contribution in [2.45, 2.75) is 25.7 Å². The minimum absolute atomic E-state index is 0.139. The molecule has 0 aliphatic carbocycles. The van der Waals surface area contributed by atoms with Gasteiger partial charge in [0, 0.05) is 33.6 Å². The van der Waals surface area contributed by atoms with Crippen LogP contribution < -0.4 is 4.74 Å². The number of hydrogen-bond donors (Lipinski definition) is 0. The summed E-state index contributed by atoms with van der Waals surface area (Å²) < 4.78 is 8.04. The first-order valence-electron chi connectivity index (χ1n) is 8.51. The van der Waals surface area contributed by atoms with Gasteiger partial charge in [-0.05, 0) is 31.2 Å². The van der Waals surface area contributed by atoms with E-state index in [4.69, 9.17) is 32.8 Å². The van der Waals surface area contributed by atoms with Crippen molar-refractivity contribution in [3.63, 3.8) is 0 Å². The summed E-state index contributed by atoms with van der Waals surface area (Å²) in [4.78, 5) is 9.83. The van der Waals surface area contributed by atoms with Crippen molar-refractivity contribution in [2.24, 2.45) is 5.16 Å². The van der Waals surface area contributed by atoms with Gasteiger partial charge >= 0.3 is 0 Å². The molecule has 0 amide bonds. The molecule has 1 aliphatic heterocycles. The third-order valence-corrected chi connectivity index (χ3v) is 5.19. The van der Waals surface area contributed by atoms with Crippen molar-refractivity contribution < 1.29 is 9.57 Å². The molecule has 4 rings (SSSR count). The molecule has 2 aromatic carbocycles. The van der Waals surface area contributed by atoms with Crippen LogP contribution in [0, 0.1) is 0 Å². The predicted molar refractivity (Wildman–Crippen MR) is 106 cm³/mol. The van der Waals surface area contributed by atoms with Gasteiger partial charge in [-0.3, -0.25) is 0 Å². The third kappa shape index (κ3) is 3.53. The van der Waals surface area contributed by atoms with E-state index in [1.807, 2.05) is 42.0 Å². The highest BCUT2D eigenvalue weighted by Crippen LogP contribution is 2.34. The van der Waals surface area contributed by atoms with Crippen LogP contribution in [-0.4, -0.2) is 21.4 Å². The van der Waals surface area contributed by atoms with Crippen molar-refractivity contribution in [2.75, 3.05) is 0 Å². The molecular weight excluding hydrogens is 385 g/mol. The predicted octanol–water partition coefficient (Wildman–Crippen LogP) is 5.13. The smallest absolute Gasteiger partial charge is 0.145 e. The molecule has 2 atom stereocenters. The number of oxime groups is 1. The first kappa shape index (κ1) is 17.9. The number of fused-ring (bicyclic) bond motifs is 1. The molecule has 0 bridgehead atoms. The van der Waals surface area contributed by atoms with Gasteiger partial charge in [0.15, 0.2) is 0 Å². The molecule has 0 N–H and O–H groups in total. The molecule has 1 aromatic heterocycles. The Morgan fingerprint density at radius 1 is 1.15 bits per heavy atom. The van der Waals surface area contributed by atoms with E-state index >= 15 is 0 Å². The van der Waals surface area contributed by atoms with E-state index < -0.39 is 0 Å². The van der Waals surface area contributed by atoms with Crippen molar-refractivity contribution in [1.29, 1.82) is 0 Å². The topological polar surface area (TPSA) is 48.6 Å². The monoisotopic (exact) mass is 401 g/mol. The molecule has 3 aromatic rings. The number of ether oxygens (including phenoxy) is 1. The van der Waals surface area contributed by atoms with Crippen LogP contribution in [0.5, 0.6) is 5.75 Å². The van der Waals surface area contributed by atoms with Crippen molar-refractivity contribution in [3.05, 3.63) is 82.4 Å². The van der Waals surface area contributed by atoms with Gasteiger partial charge in [0.2, 0.25) is 0 Å². The minimum atomic E-state index is -0.163. The lowest BCUT2D eigenvalue weighted by molar-refractivity contribution is 0.122. The Balaban J connectivity index is 1.69. The number of para-hydroxylation sites is 1. The van der Waals surface area contributed by atoms with Gasteiger partial charge < -0.3 is 14.1 Å². The molecule has 0 radical (unpaired) electrons. The Bertz CT molecular complexity index is 953. The van der Waals surface area contributed by atoms with E-state index in [1.54, 1.807) is 30.7 Å². The Kier molecular flexibility index (Phi) is 5.05. The SMILES string of the molecule is C[C@@H]1Oc2ccccc2/C(=N/OCc2c(Cl)cccc2Cl)[C@H]1n1ccnc1. The molecule has 27 heavy (non-hydrogen) atoms. The second-order valence-corrected chi connectivity index (χ2v) is 7.04. The normalized spacial score (nSPS) is 20.2. The fraction of sp³-hybridized carbons (Fsp3) is 0.200. The van der Waals surface area contributed by atoms with Crippen LogP contribution >= 0.6 is 23.2 Å². The minimum Gasteiger partial charge on any atom is -0.487 e. The number of nitrogens with zero attached hydrogens (tertiary/aromatic N) is 3. The summed E-state index contributed by atoms with van der Waals surface area (Å²) in [6.45, 7) is 2.18. The van der Waals surface area contributed by atoms with Crippen LogP contribution in [0.3, 0.4) is 0 Å². The molecule has 0 spiro atoms. The molecular formula is C20H17Cl2N3O2. The molecule has 1 aliphatic rings. The van der Waals surface area contributed by atoms with Gasteiger partial charge in [-0.25, -0.2) is 4.98 Å². The average Bonchev–Trinajstić information content (AvgIpc) is 3.18. The van der Waals surface area contributed by atoms with Crippen LogP contribution in [0.2, 0.25) is 10.0 Å². The Morgan fingerprint density at radius 3 is 2.67 bits per heavy atom. The van der Waals surface area contributed by atoms with Crippen LogP contribution in [0.4, 0.5) is 0 Å². The summed E-state index contributed by atoms with van der Waals surface area (Å²) in [5.41, 5.74) is 2.36. The van der Waals surface area contributed by atoms with Crippen molar-refractivity contribution >= 4 is 28.9 Å². The lowest BCUT2D eigenvalue weighted by atomic mass is 9.95. The summed E-state index contributed by atoms with van der Waals surface area (Å²) >= 11 is 12.4. The van der Waals surface area contributed by atoms with Crippen LogP contribution in [0.15, 0.2) is 66.3 Å². The molecule has 0 unspecified atom stereocenters. The quantitative estimate of drug-likeness (QED) is 0.569. The van der Waals surface area contributed by atoms with Gasteiger partial charge in [-0.15, -0.1) is 0 Å². The van der Waals surface area contributed by atoms with Crippen molar-refractivity contribution in [1.82, 2.24) is 9.55 Å². The summed E-state index contributed by atoms with van der Waals surface area (Å²) in [6, 6.07) is 13.0. The first-order valence-corrected chi connectivity index (χ1v) is 9.27. The zero-order valence-electron chi connectivity index (χ0n) is 14.5. The first-order chi connectivity index (χ1) is 13.1. The Labute approximate surface area is 167 Å². The fourth-order valence-electron chi connectivity index (χ4n) is 3.18. The third-order valence-electron chi connectivity index (χ3n) is 4.48. The van der Waals surface area contributed by atoms with Crippen LogP contribution in [0.1, 0.15) is 24.1 Å². The van der Waals surface area contributed by atoms with Gasteiger partial charge in [0.05, 0.1) is 6.33 Å². The summed E-state index contributed by atoms with van der Waals surface area (Å²) in [5, 5.41) is 5.56. The molecule has 0 saturated heterocycles. The summed E-state index contributed by atoms with van der Waals surface area (Å²) in [5.74, 6) is 0.777. The highest BCUT2D eigenvalue weighted by molar-refractivity contribution is 6.35. The number of rotatable bonds is 4. The molecule has 2 heterocycles. The van der Waals surface area contributed by atoms with E-state index in [0.29, 0.717) is 15.6 Å². The van der Waals surface area contributed by atoms with Crippen LogP contribution in [0.25, 0.3) is 0 Å². The molecule has 138 valence electrons. The standard InChI is InChI=1S/C20H17Cl2N3O2/c1-13-20(25-10-9-23-12-25)19(14-5-2-3-8-18(14)27-13)24-26-11-15-16(21)6-4-7-17(15)22/h2-10,12-13,20H,11H2,1H3/b24-19-/t13-,20-/m0/s1. The van der Waals surface area contributed by atoms with Crippen LogP contribution in [-0.2, 0) is 11.4 Å². The number of benzene rings is 2. The fourth-order valence-corrected chi connectivity index (χ4v) is 3.69. The Morgan fingerprint density at radius 2 is 1.93 bits per heavy atom. The average molecular weight is 402 g/mol. The summed E-state index contributed by atoms with van der Waals surface area (Å²) in [6.07, 6.45) is 5.23. The van der Waals surface area contributed by atoms with Gasteiger partial charge in [0.25, 0.3) is 0 Å². The van der Waals surface area contributed by atoms with Crippen molar-refractivity contribution in [3.8, 4) is 5.75 Å². The molecule has 0 fully saturated rings. The maximum atomic E-state index is 6.22. The van der Waals surface area contributed by atoms with E-state index in [1.165, 1.54) is 0 Å². The van der Waals surface area contributed by atoms with Gasteiger partial charge in [0.1, 0.15) is 30.2 Å². The highest BCUT2D eigenvalue weighted by atomic mass is 35.5. The maximum absolute atomic E-state index is 6.22.